The maximum Gasteiger partial charge on any atom is 0.272 e. The minimum Gasteiger partial charge on any atom is -0.346 e. The summed E-state index contributed by atoms with van der Waals surface area (Å²) >= 11 is 0. The number of aryl methyl sites for hydroxylation is 1. The molecule has 0 bridgehead atoms. The first-order chi connectivity index (χ1) is 12.7. The van der Waals surface area contributed by atoms with Crippen LogP contribution in [0.1, 0.15) is 29.4 Å². The van der Waals surface area contributed by atoms with E-state index in [9.17, 15) is 4.79 Å². The molecule has 136 valence electrons. The van der Waals surface area contributed by atoms with Gasteiger partial charge in [-0.3, -0.25) is 14.4 Å². The van der Waals surface area contributed by atoms with Crippen molar-refractivity contribution in [2.75, 3.05) is 26.2 Å². The molecule has 0 spiro atoms. The van der Waals surface area contributed by atoms with E-state index in [4.69, 9.17) is 0 Å². The first-order valence-electron chi connectivity index (χ1n) is 9.20. The van der Waals surface area contributed by atoms with Crippen molar-refractivity contribution >= 4 is 16.9 Å². The van der Waals surface area contributed by atoms with Gasteiger partial charge in [0.05, 0.1) is 6.20 Å². The quantitative estimate of drug-likeness (QED) is 0.781. The Balaban J connectivity index is 1.40. The highest BCUT2D eigenvalue weighted by molar-refractivity contribution is 5.94. The summed E-state index contributed by atoms with van der Waals surface area (Å²) < 4.78 is 1.95. The van der Waals surface area contributed by atoms with E-state index in [0.717, 1.165) is 56.7 Å². The Labute approximate surface area is 152 Å². The normalized spacial score (nSPS) is 16.1. The minimum absolute atomic E-state index is 0.0159. The summed E-state index contributed by atoms with van der Waals surface area (Å²) in [7, 11) is 0. The van der Waals surface area contributed by atoms with Crippen LogP contribution in [0.15, 0.2) is 36.8 Å². The van der Waals surface area contributed by atoms with Crippen LogP contribution in [0.5, 0.6) is 0 Å². The monoisotopic (exact) mass is 352 g/mol. The van der Waals surface area contributed by atoms with E-state index in [2.05, 4.69) is 33.1 Å². The predicted octanol–water partition coefficient (Wildman–Crippen LogP) is 2.13. The highest BCUT2D eigenvalue weighted by Gasteiger charge is 2.21. The number of fused-ring (bicyclic) bond motifs is 1. The van der Waals surface area contributed by atoms with Crippen molar-refractivity contribution < 1.29 is 4.79 Å². The standard InChI is InChI=1S/C19H24N6O/c1-2-25-14-15(12-21-25)13-23-8-3-9-24(11-10-23)19(26)17-5-4-16-6-7-20-18(16)22-17/h4-7,12,14H,2-3,8-11,13H2,1H3,(H,20,22). The van der Waals surface area contributed by atoms with Crippen molar-refractivity contribution in [3.05, 3.63) is 48.0 Å². The minimum atomic E-state index is 0.0159. The van der Waals surface area contributed by atoms with Gasteiger partial charge in [0, 0.05) is 62.6 Å². The second-order valence-electron chi connectivity index (χ2n) is 6.74. The molecule has 3 aromatic heterocycles. The summed E-state index contributed by atoms with van der Waals surface area (Å²) in [6, 6.07) is 5.73. The molecule has 4 heterocycles. The van der Waals surface area contributed by atoms with Crippen molar-refractivity contribution in [2.24, 2.45) is 0 Å². The Hall–Kier alpha value is -2.67. The maximum atomic E-state index is 12.8. The molecule has 1 aliphatic heterocycles. The van der Waals surface area contributed by atoms with E-state index in [0.29, 0.717) is 5.69 Å². The Morgan fingerprint density at radius 2 is 2.12 bits per heavy atom. The SMILES string of the molecule is CCn1cc(CN2CCCN(C(=O)c3ccc4cc[nH]c4n3)CC2)cn1. The zero-order chi connectivity index (χ0) is 17.9. The second-order valence-corrected chi connectivity index (χ2v) is 6.74. The molecule has 7 nitrogen and oxygen atoms in total. The Bertz CT molecular complexity index is 898. The van der Waals surface area contributed by atoms with E-state index >= 15 is 0 Å². The van der Waals surface area contributed by atoms with E-state index in [1.54, 1.807) is 0 Å². The van der Waals surface area contributed by atoms with E-state index in [1.807, 2.05) is 40.2 Å². The molecule has 1 aliphatic rings. The van der Waals surface area contributed by atoms with Gasteiger partial charge < -0.3 is 9.88 Å². The van der Waals surface area contributed by atoms with Gasteiger partial charge in [0.2, 0.25) is 0 Å². The molecular formula is C19H24N6O. The average molecular weight is 352 g/mol. The molecule has 26 heavy (non-hydrogen) atoms. The van der Waals surface area contributed by atoms with Crippen molar-refractivity contribution in [1.82, 2.24) is 29.5 Å². The summed E-state index contributed by atoms with van der Waals surface area (Å²) in [6.45, 7) is 7.22. The molecule has 4 rings (SSSR count). The van der Waals surface area contributed by atoms with Crippen LogP contribution in [0.25, 0.3) is 11.0 Å². The highest BCUT2D eigenvalue weighted by Crippen LogP contribution is 2.14. The topological polar surface area (TPSA) is 70.0 Å². The Morgan fingerprint density at radius 3 is 2.96 bits per heavy atom. The molecular weight excluding hydrogens is 328 g/mol. The number of nitrogens with zero attached hydrogens (tertiary/aromatic N) is 5. The molecule has 3 aromatic rings. The van der Waals surface area contributed by atoms with Crippen LogP contribution in [0.4, 0.5) is 0 Å². The fraction of sp³-hybridized carbons (Fsp3) is 0.421. The largest absolute Gasteiger partial charge is 0.346 e. The number of pyridine rings is 1. The lowest BCUT2D eigenvalue weighted by Gasteiger charge is -2.21. The molecule has 0 aliphatic carbocycles. The first kappa shape index (κ1) is 16.8. The molecule has 1 fully saturated rings. The van der Waals surface area contributed by atoms with Gasteiger partial charge in [-0.05, 0) is 31.5 Å². The number of H-pyrrole nitrogens is 1. The molecule has 1 saturated heterocycles. The molecule has 7 heteroatoms. The zero-order valence-electron chi connectivity index (χ0n) is 15.1. The number of amides is 1. The van der Waals surface area contributed by atoms with Crippen molar-refractivity contribution in [2.45, 2.75) is 26.4 Å². The van der Waals surface area contributed by atoms with Crippen LogP contribution in [-0.4, -0.2) is 61.6 Å². The predicted molar refractivity (Wildman–Crippen MR) is 99.8 cm³/mol. The van der Waals surface area contributed by atoms with E-state index < -0.39 is 0 Å². The number of aromatic amines is 1. The van der Waals surface area contributed by atoms with Crippen LogP contribution >= 0.6 is 0 Å². The van der Waals surface area contributed by atoms with Crippen molar-refractivity contribution in [3.63, 3.8) is 0 Å². The molecule has 0 atom stereocenters. The van der Waals surface area contributed by atoms with Crippen molar-refractivity contribution in [1.29, 1.82) is 0 Å². The second kappa shape index (κ2) is 7.29. The number of nitrogens with one attached hydrogen (secondary N) is 1. The summed E-state index contributed by atoms with van der Waals surface area (Å²) in [5, 5.41) is 5.37. The van der Waals surface area contributed by atoms with E-state index in [-0.39, 0.29) is 5.91 Å². The fourth-order valence-electron chi connectivity index (χ4n) is 3.46. The highest BCUT2D eigenvalue weighted by atomic mass is 16.2. The zero-order valence-corrected chi connectivity index (χ0v) is 15.1. The van der Waals surface area contributed by atoms with E-state index in [1.165, 1.54) is 5.56 Å². The number of aromatic nitrogens is 4. The maximum absolute atomic E-state index is 12.8. The van der Waals surface area contributed by atoms with Crippen LogP contribution in [0.3, 0.4) is 0 Å². The van der Waals surface area contributed by atoms with Crippen molar-refractivity contribution in [3.8, 4) is 0 Å². The third kappa shape index (κ3) is 3.48. The average Bonchev–Trinajstić information content (AvgIpc) is 3.25. The number of carbonyl (C=O) groups excluding carboxylic acids is 1. The fourth-order valence-corrected chi connectivity index (χ4v) is 3.46. The van der Waals surface area contributed by atoms with Crippen LogP contribution in [-0.2, 0) is 13.1 Å². The summed E-state index contributed by atoms with van der Waals surface area (Å²) in [6.07, 6.45) is 6.85. The van der Waals surface area contributed by atoms with Gasteiger partial charge in [-0.2, -0.15) is 5.10 Å². The van der Waals surface area contributed by atoms with Gasteiger partial charge in [-0.25, -0.2) is 4.98 Å². The molecule has 0 aromatic carbocycles. The number of rotatable bonds is 4. The van der Waals surface area contributed by atoms with Gasteiger partial charge in [0.15, 0.2) is 0 Å². The van der Waals surface area contributed by atoms with Gasteiger partial charge in [-0.15, -0.1) is 0 Å². The first-order valence-corrected chi connectivity index (χ1v) is 9.20. The molecule has 0 radical (unpaired) electrons. The number of hydrogen-bond donors (Lipinski definition) is 1. The third-order valence-corrected chi connectivity index (χ3v) is 4.92. The number of carbonyl (C=O) groups is 1. The Morgan fingerprint density at radius 1 is 1.19 bits per heavy atom. The van der Waals surface area contributed by atoms with Crippen LogP contribution < -0.4 is 0 Å². The van der Waals surface area contributed by atoms with Gasteiger partial charge in [0.1, 0.15) is 11.3 Å². The summed E-state index contributed by atoms with van der Waals surface area (Å²) in [5.74, 6) is 0.0159. The van der Waals surface area contributed by atoms with Crippen LogP contribution in [0.2, 0.25) is 0 Å². The summed E-state index contributed by atoms with van der Waals surface area (Å²) in [4.78, 5) is 24.7. The number of hydrogen-bond acceptors (Lipinski definition) is 4. The molecule has 1 N–H and O–H groups in total. The summed E-state index contributed by atoms with van der Waals surface area (Å²) in [5.41, 5.74) is 2.50. The lowest BCUT2D eigenvalue weighted by atomic mass is 10.2. The molecule has 1 amide bonds. The lowest BCUT2D eigenvalue weighted by Crippen LogP contribution is -2.35. The lowest BCUT2D eigenvalue weighted by molar-refractivity contribution is 0.0755. The molecule has 0 saturated carbocycles. The van der Waals surface area contributed by atoms with Crippen LogP contribution in [0, 0.1) is 0 Å². The van der Waals surface area contributed by atoms with Gasteiger partial charge >= 0.3 is 0 Å². The molecule has 0 unspecified atom stereocenters. The van der Waals surface area contributed by atoms with Gasteiger partial charge in [-0.1, -0.05) is 0 Å². The smallest absolute Gasteiger partial charge is 0.272 e. The van der Waals surface area contributed by atoms with Gasteiger partial charge in [0.25, 0.3) is 5.91 Å². The Kier molecular flexibility index (Phi) is 4.71. The third-order valence-electron chi connectivity index (χ3n) is 4.92.